The van der Waals surface area contributed by atoms with E-state index in [1.165, 1.54) is 9.80 Å². The Morgan fingerprint density at radius 3 is 0.904 bits per heavy atom. The molecule has 6 atom stereocenters. The van der Waals surface area contributed by atoms with Crippen LogP contribution in [0, 0.1) is 23.7 Å². The van der Waals surface area contributed by atoms with Gasteiger partial charge in [0.05, 0.1) is 49.1 Å². The van der Waals surface area contributed by atoms with Gasteiger partial charge in [0.25, 0.3) is 0 Å². The van der Waals surface area contributed by atoms with E-state index in [-0.39, 0.29) is 315 Å². The molecule has 39 heteroatoms. The number of esters is 2. The summed E-state index contributed by atoms with van der Waals surface area (Å²) in [6.07, 6.45) is 4.67. The first kappa shape index (κ1) is 136. The number of carbonyl (C=O) groups excluding carboxylic acids is 10. The molecule has 0 saturated carbocycles. The average molecular weight is 1920 g/mol. The summed E-state index contributed by atoms with van der Waals surface area (Å²) in [5.41, 5.74) is 13.5. The number of benzene rings is 8. The fraction of sp³-hybridized carbons (Fsp3) is 0.375. The summed E-state index contributed by atoms with van der Waals surface area (Å²) in [6, 6.07) is 64.3. The number of nitrogens with zero attached hydrogens (tertiary/aromatic N) is 10. The van der Waals surface area contributed by atoms with Gasteiger partial charge in [0.15, 0.2) is 0 Å². The van der Waals surface area contributed by atoms with Gasteiger partial charge in [0, 0.05) is 74.4 Å². The summed E-state index contributed by atoms with van der Waals surface area (Å²) < 4.78 is 10.1. The van der Waals surface area contributed by atoms with Crippen molar-refractivity contribution in [2.45, 2.75) is 196 Å². The zero-order valence-electron chi connectivity index (χ0n) is 80.5. The summed E-state index contributed by atoms with van der Waals surface area (Å²) in [6.45, 7) is 19.2. The minimum atomic E-state index is -1.27. The molecule has 8 aromatic carbocycles. The summed E-state index contributed by atoms with van der Waals surface area (Å²) in [5.74, 6) is -7.10. The standard InChI is InChI=1S/2C24H29N5O3.2C24H29NO5.6Na.5H2O/c2*1-4-5-10-21(30)29(22(16(2)3)24(31)32)15-17-11-13-18(14-12-17)19-8-6-7-9-20(19)23-25-27-28-26-23;2*1-3-30-24(29)17(2)15-21(25-22(26)13-14-23(27)28)16-18-9-11-20(12-10-18)19-7-5-4-6-8-19;;;;;;;;;;;/h2*6-9,11-14,16,22H,4-5,10,15H2,1-3H3,(H2,25,26,27,28,31,32);2*4-12,17,21H,3,13-16H2,1-2H3,(H,25,26)(H,27,28);;;;;;;5*1H2/q;;;;6*+1;;;;;/p-6. The Morgan fingerprint density at radius 2 is 0.637 bits per heavy atom. The van der Waals surface area contributed by atoms with E-state index in [4.69, 9.17) is 9.47 Å². The van der Waals surface area contributed by atoms with Crippen molar-refractivity contribution in [3.63, 3.8) is 0 Å². The Labute approximate surface area is 922 Å². The van der Waals surface area contributed by atoms with Crippen molar-refractivity contribution in [2.24, 2.45) is 23.7 Å². The van der Waals surface area contributed by atoms with Crippen molar-refractivity contribution in [3.8, 4) is 67.3 Å². The minimum absolute atomic E-state index is 0. The van der Waals surface area contributed by atoms with Gasteiger partial charge in [0.2, 0.25) is 23.6 Å². The Bertz CT molecular complexity index is 4720. The number of carboxylic acids is 4. The van der Waals surface area contributed by atoms with E-state index in [0.717, 1.165) is 104 Å². The molecule has 0 aliphatic carbocycles. The maximum Gasteiger partial charge on any atom is 1.00 e. The van der Waals surface area contributed by atoms with Crippen molar-refractivity contribution in [1.82, 2.24) is 61.7 Å². The molecule has 0 aliphatic heterocycles. The van der Waals surface area contributed by atoms with Gasteiger partial charge in [-0.25, -0.2) is 0 Å². The normalized spacial score (nSPS) is 11.3. The van der Waals surface area contributed by atoms with Gasteiger partial charge in [0.1, 0.15) is 0 Å². The fourth-order valence-corrected chi connectivity index (χ4v) is 14.0. The van der Waals surface area contributed by atoms with E-state index >= 15 is 0 Å². The smallest absolute Gasteiger partial charge is 0.550 e. The summed E-state index contributed by atoms with van der Waals surface area (Å²) in [5, 5.41) is 80.6. The number of nitrogens with one attached hydrogen (secondary N) is 2. The van der Waals surface area contributed by atoms with Gasteiger partial charge in [-0.2, -0.15) is 10.4 Å². The van der Waals surface area contributed by atoms with Crippen LogP contribution in [0.25, 0.3) is 67.3 Å². The van der Waals surface area contributed by atoms with E-state index in [1.807, 2.05) is 220 Å². The zero-order valence-corrected chi connectivity index (χ0v) is 92.5. The van der Waals surface area contributed by atoms with Crippen LogP contribution in [0.2, 0.25) is 0 Å². The Balaban J connectivity index is -0.000000542. The van der Waals surface area contributed by atoms with E-state index in [1.54, 1.807) is 55.4 Å². The van der Waals surface area contributed by atoms with Gasteiger partial charge in [-0.1, -0.05) is 274 Å². The molecule has 0 spiro atoms. The Hall–Kier alpha value is -7.60. The zero-order chi connectivity index (χ0) is 90.0. The van der Waals surface area contributed by atoms with Crippen LogP contribution in [0.1, 0.15) is 169 Å². The second-order valence-corrected chi connectivity index (χ2v) is 30.7. The van der Waals surface area contributed by atoms with Crippen molar-refractivity contribution < 1.29 is 283 Å². The topological polar surface area (TPSA) is 575 Å². The second kappa shape index (κ2) is 73.5. The number of rotatable bonds is 42. The molecule has 696 valence electrons. The molecule has 0 bridgehead atoms. The minimum Gasteiger partial charge on any atom is -0.550 e. The van der Waals surface area contributed by atoms with Crippen molar-refractivity contribution in [3.05, 3.63) is 229 Å². The van der Waals surface area contributed by atoms with Crippen LogP contribution >= 0.6 is 0 Å². The number of amides is 4. The van der Waals surface area contributed by atoms with Gasteiger partial charge in [-0.15, -0.1) is 0 Å². The molecule has 0 radical (unpaired) electrons. The molecule has 0 aliphatic rings. The van der Waals surface area contributed by atoms with Crippen LogP contribution in [0.15, 0.2) is 206 Å². The Kier molecular flexibility index (Phi) is 74.0. The number of aromatic nitrogens is 8. The van der Waals surface area contributed by atoms with Crippen LogP contribution in [-0.4, -0.2) is 165 Å². The predicted molar refractivity (Wildman–Crippen MR) is 478 cm³/mol. The molecule has 10 aromatic rings. The van der Waals surface area contributed by atoms with Gasteiger partial charge >= 0.3 is 189 Å². The molecule has 0 saturated heterocycles. The monoisotopic (exact) mass is 1910 g/mol. The first-order valence-corrected chi connectivity index (χ1v) is 42.0. The van der Waals surface area contributed by atoms with Crippen LogP contribution in [-0.2, 0) is 83.4 Å². The third kappa shape index (κ3) is 46.8. The molecule has 6 unspecified atom stereocenters. The van der Waals surface area contributed by atoms with Crippen LogP contribution in [0.5, 0.6) is 0 Å². The molecular formula is C96H120N12Na6O21. The quantitative estimate of drug-likeness (QED) is 0.0265. The molecule has 2 heterocycles. The number of aliphatic carboxylic acids is 4. The maximum absolute atomic E-state index is 12.8. The first-order chi connectivity index (χ1) is 59.6. The van der Waals surface area contributed by atoms with Crippen LogP contribution in [0.4, 0.5) is 0 Å². The van der Waals surface area contributed by atoms with Gasteiger partial charge < -0.3 is 107 Å². The van der Waals surface area contributed by atoms with E-state index in [2.05, 4.69) is 51.9 Å². The third-order valence-electron chi connectivity index (χ3n) is 20.3. The van der Waals surface area contributed by atoms with E-state index in [9.17, 15) is 68.4 Å². The number of ether oxygens (including phenoxy) is 2. The van der Waals surface area contributed by atoms with Gasteiger partial charge in [-0.05, 0) is 155 Å². The van der Waals surface area contributed by atoms with Crippen molar-refractivity contribution in [2.75, 3.05) is 13.2 Å². The Morgan fingerprint density at radius 1 is 0.356 bits per heavy atom. The van der Waals surface area contributed by atoms with Gasteiger partial charge in [-0.3, -0.25) is 49.4 Å². The summed E-state index contributed by atoms with van der Waals surface area (Å²) in [4.78, 5) is 122. The largest absolute Gasteiger partial charge is 1.00 e. The number of unbranched alkanes of at least 4 members (excludes halogenated alkanes) is 2. The number of carbonyl (C=O) groups is 10. The fourth-order valence-electron chi connectivity index (χ4n) is 14.0. The summed E-state index contributed by atoms with van der Waals surface area (Å²) in [7, 11) is 0. The summed E-state index contributed by atoms with van der Waals surface area (Å²) >= 11 is 0. The SMILES string of the molecule is CCCCC(=O)N(Cc1ccc(-c2ccccc2-c2nnn[n-]2)cc1)C(C(=O)[O-])C(C)C.CCCCC(=O)N(Cc1ccc(-c2ccccc2-c2nnn[n-]2)cc1)C(C(=O)[O-])C(C)C.CCOC(=O)C(C)CC(Cc1ccc(-c2ccccc2)cc1)NC(=O)CCC(=O)[O-].CCOC(=O)C(C)CC(Cc1ccc(-c2ccccc2)cc1)NC(=O)CCC(=O)[O-].O.O.O.O.O.[Na+].[Na+].[Na+].[Na+].[Na+].[Na+]. The number of carboxylic acid groups (broad SMARTS) is 4. The number of hydrogen-bond acceptors (Lipinski definition) is 22. The van der Waals surface area contributed by atoms with Crippen LogP contribution < -0.4 is 219 Å². The molecule has 10 rings (SSSR count). The molecule has 2 aromatic heterocycles. The van der Waals surface area contributed by atoms with Crippen molar-refractivity contribution in [1.29, 1.82) is 0 Å². The average Bonchev–Trinajstić information content (AvgIpc) is 1.75. The molecule has 4 amide bonds. The third-order valence-corrected chi connectivity index (χ3v) is 20.3. The molecule has 0 fully saturated rings. The number of tetrazole rings is 2. The van der Waals surface area contributed by atoms with E-state index < -0.39 is 36.0 Å². The molecule has 33 nitrogen and oxygen atoms in total. The second-order valence-electron chi connectivity index (χ2n) is 30.7. The van der Waals surface area contributed by atoms with Crippen LogP contribution in [0.3, 0.4) is 0 Å². The molecule has 135 heavy (non-hydrogen) atoms. The maximum atomic E-state index is 12.8. The number of hydrogen-bond donors (Lipinski definition) is 2. The molecule has 12 N–H and O–H groups in total. The first-order valence-electron chi connectivity index (χ1n) is 42.0. The molecular weight excluding hydrogens is 1800 g/mol. The predicted octanol–water partition coefficient (Wildman–Crippen LogP) is -12.2. The van der Waals surface area contributed by atoms with Crippen molar-refractivity contribution >= 4 is 59.4 Å². The van der Waals surface area contributed by atoms with E-state index in [0.29, 0.717) is 63.4 Å².